The van der Waals surface area contributed by atoms with Gasteiger partial charge in [-0.3, -0.25) is 4.99 Å². The van der Waals surface area contributed by atoms with Gasteiger partial charge in [0, 0.05) is 13.6 Å². The molecule has 0 aliphatic rings. The summed E-state index contributed by atoms with van der Waals surface area (Å²) in [6, 6.07) is 3.76. The highest BCUT2D eigenvalue weighted by Crippen LogP contribution is 2.38. The van der Waals surface area contributed by atoms with Crippen LogP contribution in [-0.4, -0.2) is 44.5 Å². The summed E-state index contributed by atoms with van der Waals surface area (Å²) in [6.07, 6.45) is 0. The van der Waals surface area contributed by atoms with Crippen molar-refractivity contribution >= 4 is 5.96 Å². The maximum absolute atomic E-state index is 5.35. The Labute approximate surface area is 146 Å². The van der Waals surface area contributed by atoms with E-state index in [0.29, 0.717) is 48.0 Å². The molecule has 0 bridgehead atoms. The highest BCUT2D eigenvalue weighted by atomic mass is 16.5. The lowest BCUT2D eigenvalue weighted by Crippen LogP contribution is -2.36. The van der Waals surface area contributed by atoms with Crippen LogP contribution in [0.25, 0.3) is 0 Å². The summed E-state index contributed by atoms with van der Waals surface area (Å²) in [6.45, 7) is 2.67. The Hall–Kier alpha value is -2.97. The molecule has 0 saturated heterocycles. The Bertz CT molecular complexity index is 704. The monoisotopic (exact) mass is 349 g/mol. The summed E-state index contributed by atoms with van der Waals surface area (Å²) < 4.78 is 21.1. The maximum atomic E-state index is 5.35. The first kappa shape index (κ1) is 18.4. The molecule has 2 N–H and O–H groups in total. The topological polar surface area (TPSA) is 103 Å². The highest BCUT2D eigenvalue weighted by Gasteiger charge is 2.13. The van der Waals surface area contributed by atoms with Crippen molar-refractivity contribution < 1.29 is 18.7 Å². The average molecular weight is 349 g/mol. The number of aliphatic imine (C=N–C) groups is 1. The molecule has 25 heavy (non-hydrogen) atoms. The quantitative estimate of drug-likeness (QED) is 0.569. The Morgan fingerprint density at radius 3 is 2.20 bits per heavy atom. The molecule has 0 amide bonds. The third-order valence-corrected chi connectivity index (χ3v) is 3.38. The largest absolute Gasteiger partial charge is 0.493 e. The van der Waals surface area contributed by atoms with Gasteiger partial charge in [-0.05, 0) is 24.6 Å². The molecule has 0 aliphatic carbocycles. The minimum absolute atomic E-state index is 0.385. The number of ether oxygens (including phenoxy) is 3. The van der Waals surface area contributed by atoms with Crippen LogP contribution in [0.5, 0.6) is 17.2 Å². The molecule has 9 nitrogen and oxygen atoms in total. The van der Waals surface area contributed by atoms with E-state index in [4.69, 9.17) is 18.7 Å². The van der Waals surface area contributed by atoms with E-state index in [1.807, 2.05) is 12.1 Å². The van der Waals surface area contributed by atoms with E-state index in [1.165, 1.54) is 0 Å². The fourth-order valence-corrected chi connectivity index (χ4v) is 2.22. The summed E-state index contributed by atoms with van der Waals surface area (Å²) in [5, 5.41) is 10.0. The number of guanidine groups is 1. The van der Waals surface area contributed by atoms with Crippen LogP contribution < -0.4 is 24.8 Å². The molecule has 136 valence electrons. The minimum Gasteiger partial charge on any atom is -0.493 e. The molecule has 1 aromatic carbocycles. The molecule has 0 aliphatic heterocycles. The van der Waals surface area contributed by atoms with E-state index >= 15 is 0 Å². The van der Waals surface area contributed by atoms with E-state index in [0.717, 1.165) is 5.56 Å². The summed E-state index contributed by atoms with van der Waals surface area (Å²) in [4.78, 5) is 8.29. The van der Waals surface area contributed by atoms with E-state index in [2.05, 4.69) is 25.8 Å². The van der Waals surface area contributed by atoms with Crippen molar-refractivity contribution in [3.63, 3.8) is 0 Å². The van der Waals surface area contributed by atoms with Gasteiger partial charge in [0.15, 0.2) is 23.3 Å². The fourth-order valence-electron chi connectivity index (χ4n) is 2.22. The van der Waals surface area contributed by atoms with Crippen LogP contribution in [0.3, 0.4) is 0 Å². The Balaban J connectivity index is 2.01. The molecule has 1 heterocycles. The number of nitrogens with one attached hydrogen (secondary N) is 2. The number of nitrogens with zero attached hydrogens (tertiary/aromatic N) is 3. The Kier molecular flexibility index (Phi) is 6.44. The van der Waals surface area contributed by atoms with Gasteiger partial charge in [0.25, 0.3) is 0 Å². The maximum Gasteiger partial charge on any atom is 0.246 e. The molecular formula is C16H23N5O4. The van der Waals surface area contributed by atoms with Gasteiger partial charge in [-0.1, -0.05) is 5.16 Å². The number of hydrogen-bond acceptors (Lipinski definition) is 7. The zero-order chi connectivity index (χ0) is 18.2. The van der Waals surface area contributed by atoms with Crippen molar-refractivity contribution in [3.05, 3.63) is 29.4 Å². The van der Waals surface area contributed by atoms with Gasteiger partial charge < -0.3 is 29.4 Å². The van der Waals surface area contributed by atoms with Crippen LogP contribution in [0, 0.1) is 6.92 Å². The predicted molar refractivity (Wildman–Crippen MR) is 92.2 cm³/mol. The molecule has 0 saturated carbocycles. The predicted octanol–water partition coefficient (Wildman–Crippen LogP) is 1.27. The number of rotatable bonds is 7. The van der Waals surface area contributed by atoms with E-state index in [1.54, 1.807) is 35.3 Å². The molecule has 9 heteroatoms. The SMILES string of the molecule is CN=C(NCc1cc(OC)c(OC)c(OC)c1)NCc1nc(C)no1. The highest BCUT2D eigenvalue weighted by molar-refractivity contribution is 5.79. The van der Waals surface area contributed by atoms with Gasteiger partial charge in [0.05, 0.1) is 27.9 Å². The first-order valence-corrected chi connectivity index (χ1v) is 7.63. The van der Waals surface area contributed by atoms with Crippen molar-refractivity contribution in [3.8, 4) is 17.2 Å². The van der Waals surface area contributed by atoms with Crippen molar-refractivity contribution in [1.82, 2.24) is 20.8 Å². The lowest BCUT2D eigenvalue weighted by Gasteiger charge is -2.15. The van der Waals surface area contributed by atoms with Gasteiger partial charge in [-0.2, -0.15) is 4.98 Å². The van der Waals surface area contributed by atoms with Crippen molar-refractivity contribution in [2.75, 3.05) is 28.4 Å². The summed E-state index contributed by atoms with van der Waals surface area (Å²) in [5.41, 5.74) is 0.950. The first-order chi connectivity index (χ1) is 12.1. The van der Waals surface area contributed by atoms with E-state index in [9.17, 15) is 0 Å². The number of hydrogen-bond donors (Lipinski definition) is 2. The second-order valence-electron chi connectivity index (χ2n) is 5.05. The normalized spacial score (nSPS) is 11.2. The first-order valence-electron chi connectivity index (χ1n) is 7.63. The van der Waals surface area contributed by atoms with Gasteiger partial charge in [0.2, 0.25) is 11.6 Å². The fraction of sp³-hybridized carbons (Fsp3) is 0.438. The summed E-state index contributed by atoms with van der Waals surface area (Å²) >= 11 is 0. The van der Waals surface area contributed by atoms with Gasteiger partial charge >= 0.3 is 0 Å². The molecule has 1 aromatic heterocycles. The third kappa shape index (κ3) is 4.75. The zero-order valence-corrected chi connectivity index (χ0v) is 15.0. The molecule has 0 atom stereocenters. The van der Waals surface area contributed by atoms with Crippen LogP contribution in [0.1, 0.15) is 17.3 Å². The second-order valence-corrected chi connectivity index (χ2v) is 5.05. The van der Waals surface area contributed by atoms with Gasteiger partial charge in [0.1, 0.15) is 0 Å². The number of methoxy groups -OCH3 is 3. The smallest absolute Gasteiger partial charge is 0.246 e. The summed E-state index contributed by atoms with van der Waals surface area (Å²) in [5.74, 6) is 3.45. The van der Waals surface area contributed by atoms with Crippen molar-refractivity contribution in [2.24, 2.45) is 4.99 Å². The minimum atomic E-state index is 0.385. The molecular weight excluding hydrogens is 326 g/mol. The molecule has 2 rings (SSSR count). The van der Waals surface area contributed by atoms with Crippen molar-refractivity contribution in [2.45, 2.75) is 20.0 Å². The van der Waals surface area contributed by atoms with Crippen LogP contribution in [0.15, 0.2) is 21.6 Å². The van der Waals surface area contributed by atoms with Crippen LogP contribution in [0.4, 0.5) is 0 Å². The summed E-state index contributed by atoms with van der Waals surface area (Å²) in [7, 11) is 6.43. The molecule has 0 fully saturated rings. The Morgan fingerprint density at radius 1 is 1.08 bits per heavy atom. The number of benzene rings is 1. The molecule has 0 spiro atoms. The van der Waals surface area contributed by atoms with Gasteiger partial charge in [-0.25, -0.2) is 0 Å². The Morgan fingerprint density at radius 2 is 1.72 bits per heavy atom. The number of aryl methyl sites for hydroxylation is 1. The van der Waals surface area contributed by atoms with Crippen LogP contribution >= 0.6 is 0 Å². The molecule has 0 unspecified atom stereocenters. The van der Waals surface area contributed by atoms with Gasteiger partial charge in [-0.15, -0.1) is 0 Å². The second kappa shape index (κ2) is 8.76. The lowest BCUT2D eigenvalue weighted by molar-refractivity contribution is 0.323. The zero-order valence-electron chi connectivity index (χ0n) is 15.0. The number of aromatic nitrogens is 2. The molecule has 2 aromatic rings. The lowest BCUT2D eigenvalue weighted by atomic mass is 10.2. The van der Waals surface area contributed by atoms with E-state index in [-0.39, 0.29) is 0 Å². The average Bonchev–Trinajstić information content (AvgIpc) is 3.06. The van der Waals surface area contributed by atoms with Crippen LogP contribution in [0.2, 0.25) is 0 Å². The third-order valence-electron chi connectivity index (χ3n) is 3.38. The standard InChI is InChI=1S/C16H23N5O4/c1-10-20-14(25-21-10)9-19-16(17-2)18-8-11-6-12(22-3)15(24-5)13(7-11)23-4/h6-7H,8-9H2,1-5H3,(H2,17,18,19). The molecule has 0 radical (unpaired) electrons. The van der Waals surface area contributed by atoms with E-state index < -0.39 is 0 Å². The van der Waals surface area contributed by atoms with Crippen LogP contribution in [-0.2, 0) is 13.1 Å². The van der Waals surface area contributed by atoms with Crippen molar-refractivity contribution in [1.29, 1.82) is 0 Å².